The Morgan fingerprint density at radius 3 is 2.28 bits per heavy atom. The summed E-state index contributed by atoms with van der Waals surface area (Å²) >= 11 is 0. The molecular formula is C28H36N2O2. The minimum absolute atomic E-state index is 0.161. The van der Waals surface area contributed by atoms with E-state index >= 15 is 0 Å². The van der Waals surface area contributed by atoms with Crippen molar-refractivity contribution in [2.24, 2.45) is 5.92 Å². The third-order valence-electron chi connectivity index (χ3n) is 7.71. The lowest BCUT2D eigenvalue weighted by Crippen LogP contribution is -2.46. The second-order valence-electron chi connectivity index (χ2n) is 10.0. The Bertz CT molecular complexity index is 886. The van der Waals surface area contributed by atoms with Crippen LogP contribution in [0.25, 0.3) is 0 Å². The van der Waals surface area contributed by atoms with Crippen molar-refractivity contribution < 1.29 is 9.53 Å². The van der Waals surface area contributed by atoms with Gasteiger partial charge in [-0.15, -0.1) is 0 Å². The third kappa shape index (κ3) is 4.92. The quantitative estimate of drug-likeness (QED) is 0.674. The Morgan fingerprint density at radius 2 is 1.66 bits per heavy atom. The standard InChI is InChI=1S/C28H36N2O2/c1-21-8-10-23(11-9-21)28(31)30(20-27-7-4-16-32-27)19-22-12-14-29(15-13-22)26-17-24-5-2-3-6-25(24)18-26/h2-3,5-6,8-11,22,26-27H,4,7,12-20H2,1H3/t27-/m0/s1. The molecule has 4 nitrogen and oxygen atoms in total. The number of carbonyl (C=O) groups is 1. The van der Waals surface area contributed by atoms with Crippen molar-refractivity contribution in [3.05, 3.63) is 70.8 Å². The molecule has 0 aromatic heterocycles. The minimum Gasteiger partial charge on any atom is -0.376 e. The highest BCUT2D eigenvalue weighted by Crippen LogP contribution is 2.29. The molecule has 2 fully saturated rings. The molecule has 1 aliphatic carbocycles. The Morgan fingerprint density at radius 1 is 0.969 bits per heavy atom. The topological polar surface area (TPSA) is 32.8 Å². The number of rotatable bonds is 6. The molecule has 2 saturated heterocycles. The van der Waals surface area contributed by atoms with E-state index in [0.29, 0.717) is 12.0 Å². The first-order chi connectivity index (χ1) is 15.7. The normalized spacial score (nSPS) is 22.2. The van der Waals surface area contributed by atoms with Crippen LogP contribution in [0.1, 0.15) is 52.7 Å². The second kappa shape index (κ2) is 9.76. The predicted molar refractivity (Wildman–Crippen MR) is 128 cm³/mol. The van der Waals surface area contributed by atoms with Crippen LogP contribution in [0.2, 0.25) is 0 Å². The van der Waals surface area contributed by atoms with Gasteiger partial charge >= 0.3 is 0 Å². The van der Waals surface area contributed by atoms with E-state index in [-0.39, 0.29) is 12.0 Å². The summed E-state index contributed by atoms with van der Waals surface area (Å²) < 4.78 is 5.89. The lowest BCUT2D eigenvalue weighted by Gasteiger charge is -2.38. The molecule has 2 heterocycles. The van der Waals surface area contributed by atoms with Gasteiger partial charge in [0.05, 0.1) is 6.10 Å². The fourth-order valence-electron chi connectivity index (χ4n) is 5.76. The molecule has 1 atom stereocenters. The van der Waals surface area contributed by atoms with Gasteiger partial charge in [0.2, 0.25) is 0 Å². The van der Waals surface area contributed by atoms with Crippen LogP contribution in [-0.4, -0.2) is 60.6 Å². The van der Waals surface area contributed by atoms with Crippen molar-refractivity contribution in [2.75, 3.05) is 32.8 Å². The molecule has 3 aliphatic rings. The number of hydrogen-bond acceptors (Lipinski definition) is 3. The van der Waals surface area contributed by atoms with Crippen molar-refractivity contribution in [1.29, 1.82) is 0 Å². The Labute approximate surface area is 192 Å². The SMILES string of the molecule is Cc1ccc(C(=O)N(CC2CCN(C3Cc4ccccc4C3)CC2)C[C@@H]2CCCO2)cc1. The molecule has 2 aliphatic heterocycles. The number of benzene rings is 2. The lowest BCUT2D eigenvalue weighted by molar-refractivity contribution is 0.0430. The number of fused-ring (bicyclic) bond motifs is 1. The lowest BCUT2D eigenvalue weighted by atomic mass is 9.94. The molecule has 1 amide bonds. The highest BCUT2D eigenvalue weighted by atomic mass is 16.5. The number of amides is 1. The third-order valence-corrected chi connectivity index (χ3v) is 7.71. The number of carbonyl (C=O) groups excluding carboxylic acids is 1. The van der Waals surface area contributed by atoms with Crippen LogP contribution in [0.4, 0.5) is 0 Å². The maximum absolute atomic E-state index is 13.4. The summed E-state index contributed by atoms with van der Waals surface area (Å²) in [5, 5.41) is 0. The summed E-state index contributed by atoms with van der Waals surface area (Å²) in [4.78, 5) is 18.2. The van der Waals surface area contributed by atoms with Gasteiger partial charge in [-0.05, 0) is 87.7 Å². The molecule has 0 saturated carbocycles. The van der Waals surface area contributed by atoms with E-state index in [2.05, 4.69) is 41.0 Å². The van der Waals surface area contributed by atoms with Gasteiger partial charge in [0.15, 0.2) is 0 Å². The van der Waals surface area contributed by atoms with Crippen LogP contribution in [-0.2, 0) is 17.6 Å². The number of piperidine rings is 1. The molecule has 2 aromatic carbocycles. The van der Waals surface area contributed by atoms with Gasteiger partial charge in [-0.3, -0.25) is 9.69 Å². The molecule has 0 unspecified atom stereocenters. The summed E-state index contributed by atoms with van der Waals surface area (Å²) in [6, 6.07) is 17.6. The smallest absolute Gasteiger partial charge is 0.253 e. The fraction of sp³-hybridized carbons (Fsp3) is 0.536. The molecule has 170 valence electrons. The van der Waals surface area contributed by atoms with E-state index < -0.39 is 0 Å². The largest absolute Gasteiger partial charge is 0.376 e. The molecule has 0 N–H and O–H groups in total. The maximum Gasteiger partial charge on any atom is 0.253 e. The summed E-state index contributed by atoms with van der Waals surface area (Å²) in [5.41, 5.74) is 5.06. The first kappa shape index (κ1) is 21.7. The predicted octanol–water partition coefficient (Wildman–Crippen LogP) is 4.50. The van der Waals surface area contributed by atoms with E-state index in [1.165, 1.54) is 42.4 Å². The Kier molecular flexibility index (Phi) is 6.61. The molecule has 2 aromatic rings. The van der Waals surface area contributed by atoms with Gasteiger partial charge in [-0.1, -0.05) is 42.0 Å². The second-order valence-corrected chi connectivity index (χ2v) is 10.0. The van der Waals surface area contributed by atoms with Gasteiger partial charge in [0.1, 0.15) is 0 Å². The van der Waals surface area contributed by atoms with E-state index in [0.717, 1.165) is 51.2 Å². The van der Waals surface area contributed by atoms with Crippen molar-refractivity contribution >= 4 is 5.91 Å². The summed E-state index contributed by atoms with van der Waals surface area (Å²) in [7, 11) is 0. The average molecular weight is 433 g/mol. The molecule has 0 spiro atoms. The monoisotopic (exact) mass is 432 g/mol. The highest BCUT2D eigenvalue weighted by Gasteiger charge is 2.32. The fourth-order valence-corrected chi connectivity index (χ4v) is 5.76. The summed E-state index contributed by atoms with van der Waals surface area (Å²) in [5.74, 6) is 0.736. The van der Waals surface area contributed by atoms with E-state index in [4.69, 9.17) is 4.74 Å². The van der Waals surface area contributed by atoms with E-state index in [1.807, 2.05) is 24.3 Å². The van der Waals surface area contributed by atoms with Crippen LogP contribution in [0.5, 0.6) is 0 Å². The molecule has 4 heteroatoms. The number of aryl methyl sites for hydroxylation is 1. The molecule has 0 radical (unpaired) electrons. The van der Waals surface area contributed by atoms with Gasteiger partial charge < -0.3 is 9.64 Å². The molecule has 32 heavy (non-hydrogen) atoms. The molecule has 5 rings (SSSR count). The molecular weight excluding hydrogens is 396 g/mol. The first-order valence-corrected chi connectivity index (χ1v) is 12.4. The highest BCUT2D eigenvalue weighted by molar-refractivity contribution is 5.94. The van der Waals surface area contributed by atoms with Crippen molar-refractivity contribution in [2.45, 2.75) is 57.6 Å². The number of nitrogens with zero attached hydrogens (tertiary/aromatic N) is 2. The zero-order valence-electron chi connectivity index (χ0n) is 19.3. The Balaban J connectivity index is 1.19. The maximum atomic E-state index is 13.4. The van der Waals surface area contributed by atoms with Crippen LogP contribution in [0, 0.1) is 12.8 Å². The zero-order valence-corrected chi connectivity index (χ0v) is 19.3. The summed E-state index contributed by atoms with van der Waals surface area (Å²) in [6.45, 7) is 6.77. The van der Waals surface area contributed by atoms with Gasteiger partial charge in [-0.25, -0.2) is 0 Å². The Hall–Kier alpha value is -2.17. The van der Waals surface area contributed by atoms with Gasteiger partial charge in [0.25, 0.3) is 5.91 Å². The van der Waals surface area contributed by atoms with E-state index in [1.54, 1.807) is 0 Å². The number of ether oxygens (including phenoxy) is 1. The number of hydrogen-bond donors (Lipinski definition) is 0. The van der Waals surface area contributed by atoms with Crippen molar-refractivity contribution in [3.8, 4) is 0 Å². The van der Waals surface area contributed by atoms with Crippen molar-refractivity contribution in [3.63, 3.8) is 0 Å². The van der Waals surface area contributed by atoms with Crippen LogP contribution in [0.15, 0.2) is 48.5 Å². The number of likely N-dealkylation sites (tertiary alicyclic amines) is 1. The first-order valence-electron chi connectivity index (χ1n) is 12.4. The summed E-state index contributed by atoms with van der Waals surface area (Å²) in [6.07, 6.45) is 7.11. The van der Waals surface area contributed by atoms with Gasteiger partial charge in [-0.2, -0.15) is 0 Å². The zero-order chi connectivity index (χ0) is 21.9. The van der Waals surface area contributed by atoms with E-state index in [9.17, 15) is 4.79 Å². The molecule has 0 bridgehead atoms. The van der Waals surface area contributed by atoms with Crippen LogP contribution >= 0.6 is 0 Å². The van der Waals surface area contributed by atoms with Crippen molar-refractivity contribution in [1.82, 2.24) is 9.80 Å². The van der Waals surface area contributed by atoms with Crippen LogP contribution in [0.3, 0.4) is 0 Å². The van der Waals surface area contributed by atoms with Crippen LogP contribution < -0.4 is 0 Å². The minimum atomic E-state index is 0.161. The average Bonchev–Trinajstić information content (AvgIpc) is 3.49. The van der Waals surface area contributed by atoms with Gasteiger partial charge in [0, 0.05) is 31.3 Å².